The quantitative estimate of drug-likeness (QED) is 0.811. The van der Waals surface area contributed by atoms with E-state index in [1.807, 2.05) is 20.8 Å². The van der Waals surface area contributed by atoms with Crippen molar-refractivity contribution in [2.75, 3.05) is 0 Å². The third-order valence-electron chi connectivity index (χ3n) is 2.98. The first-order valence-electron chi connectivity index (χ1n) is 6.86. The Morgan fingerprint density at radius 3 is 2.33 bits per heavy atom. The maximum atomic E-state index is 11.1. The number of primary amides is 1. The summed E-state index contributed by atoms with van der Waals surface area (Å²) in [6, 6.07) is 10.1. The van der Waals surface area contributed by atoms with Gasteiger partial charge in [0.15, 0.2) is 0 Å². The summed E-state index contributed by atoms with van der Waals surface area (Å²) in [4.78, 5) is 11.1. The van der Waals surface area contributed by atoms with Crippen molar-refractivity contribution in [1.29, 1.82) is 0 Å². The number of hydrogen-bond acceptors (Lipinski definition) is 3. The molecule has 4 N–H and O–H groups in total. The molecule has 0 saturated carbocycles. The zero-order valence-corrected chi connectivity index (χ0v) is 12.6. The molecule has 2 aromatic rings. The van der Waals surface area contributed by atoms with Gasteiger partial charge in [-0.15, -0.1) is 0 Å². The van der Waals surface area contributed by atoms with E-state index in [0.29, 0.717) is 11.1 Å². The summed E-state index contributed by atoms with van der Waals surface area (Å²) >= 11 is 0. The number of aromatic hydroxyl groups is 1. The molecule has 1 amide bonds. The van der Waals surface area contributed by atoms with Gasteiger partial charge in [-0.2, -0.15) is 0 Å². The highest BCUT2D eigenvalue weighted by Gasteiger charge is 2.08. The molecule has 0 aromatic heterocycles. The number of carbonyl (C=O) groups excluding carboxylic acids is 1. The minimum absolute atomic E-state index is 0.0972. The number of phenols is 1. The van der Waals surface area contributed by atoms with Crippen LogP contribution in [-0.4, -0.2) is 16.1 Å². The second-order valence-electron chi connectivity index (χ2n) is 4.44. The van der Waals surface area contributed by atoms with Crippen molar-refractivity contribution in [1.82, 2.24) is 0 Å². The molecule has 0 spiro atoms. The fourth-order valence-corrected chi connectivity index (χ4v) is 2.06. The molecular weight excluding hydrogens is 266 g/mol. The zero-order chi connectivity index (χ0) is 16.0. The predicted molar refractivity (Wildman–Crippen MR) is 84.1 cm³/mol. The molecule has 4 heteroatoms. The Balaban J connectivity index is 0.00000106. The Morgan fingerprint density at radius 1 is 1.14 bits per heavy atom. The number of aliphatic hydroxyl groups is 1. The fraction of sp³-hybridized carbons (Fsp3) is 0.235. The standard InChI is InChI=1S/C15H15NO3.C2H6/c1-9-4-11(15(16)19)2-3-14(9)12-5-10(8-17)6-13(18)7-12;1-2/h2-7,17-18H,8H2,1H3,(H2,16,19);1-2H3. The molecule has 0 radical (unpaired) electrons. The molecule has 4 nitrogen and oxygen atoms in total. The van der Waals surface area contributed by atoms with Crippen LogP contribution in [0.4, 0.5) is 0 Å². The Kier molecular flexibility index (Phi) is 5.93. The highest BCUT2D eigenvalue weighted by molar-refractivity contribution is 5.93. The van der Waals surface area contributed by atoms with Crippen LogP contribution in [0.3, 0.4) is 0 Å². The van der Waals surface area contributed by atoms with Gasteiger partial charge in [-0.1, -0.05) is 19.9 Å². The minimum atomic E-state index is -0.471. The van der Waals surface area contributed by atoms with Crippen LogP contribution in [0.15, 0.2) is 36.4 Å². The first-order chi connectivity index (χ1) is 10.0. The van der Waals surface area contributed by atoms with E-state index in [2.05, 4.69) is 0 Å². The molecule has 0 aliphatic heterocycles. The maximum Gasteiger partial charge on any atom is 0.248 e. The number of rotatable bonds is 3. The van der Waals surface area contributed by atoms with Crippen molar-refractivity contribution in [3.8, 4) is 16.9 Å². The van der Waals surface area contributed by atoms with E-state index in [1.54, 1.807) is 30.3 Å². The predicted octanol–water partition coefficient (Wildman–Crippen LogP) is 2.99. The van der Waals surface area contributed by atoms with Crippen LogP contribution in [0.5, 0.6) is 5.75 Å². The average Bonchev–Trinajstić information content (AvgIpc) is 2.48. The molecule has 0 unspecified atom stereocenters. The van der Waals surface area contributed by atoms with Crippen LogP contribution in [-0.2, 0) is 6.61 Å². The van der Waals surface area contributed by atoms with Crippen LogP contribution in [0, 0.1) is 6.92 Å². The van der Waals surface area contributed by atoms with Gasteiger partial charge >= 0.3 is 0 Å². The summed E-state index contributed by atoms with van der Waals surface area (Å²) in [6.07, 6.45) is 0. The lowest BCUT2D eigenvalue weighted by Crippen LogP contribution is -2.10. The van der Waals surface area contributed by atoms with Crippen molar-refractivity contribution in [2.24, 2.45) is 5.73 Å². The van der Waals surface area contributed by atoms with Crippen LogP contribution in [0.1, 0.15) is 35.3 Å². The van der Waals surface area contributed by atoms with Gasteiger partial charge in [-0.25, -0.2) is 0 Å². The van der Waals surface area contributed by atoms with Crippen LogP contribution in [0.2, 0.25) is 0 Å². The molecule has 0 heterocycles. The Morgan fingerprint density at radius 2 is 1.81 bits per heavy atom. The number of carbonyl (C=O) groups is 1. The van der Waals surface area contributed by atoms with E-state index < -0.39 is 5.91 Å². The van der Waals surface area contributed by atoms with Crippen molar-refractivity contribution < 1.29 is 15.0 Å². The number of aliphatic hydroxyl groups excluding tert-OH is 1. The second kappa shape index (κ2) is 7.45. The molecule has 0 saturated heterocycles. The summed E-state index contributed by atoms with van der Waals surface area (Å²) in [5.41, 5.74) is 8.86. The lowest BCUT2D eigenvalue weighted by atomic mass is 9.96. The van der Waals surface area contributed by atoms with Crippen molar-refractivity contribution >= 4 is 5.91 Å². The maximum absolute atomic E-state index is 11.1. The SMILES string of the molecule is CC.Cc1cc(C(N)=O)ccc1-c1cc(O)cc(CO)c1. The first kappa shape index (κ1) is 16.7. The van der Waals surface area contributed by atoms with Gasteiger partial charge < -0.3 is 15.9 Å². The topological polar surface area (TPSA) is 83.6 Å². The molecule has 0 fully saturated rings. The van der Waals surface area contributed by atoms with Gasteiger partial charge in [0.05, 0.1) is 6.61 Å². The fourth-order valence-electron chi connectivity index (χ4n) is 2.06. The van der Waals surface area contributed by atoms with E-state index in [9.17, 15) is 9.90 Å². The van der Waals surface area contributed by atoms with Crippen molar-refractivity contribution in [3.05, 3.63) is 53.1 Å². The largest absolute Gasteiger partial charge is 0.508 e. The lowest BCUT2D eigenvalue weighted by molar-refractivity contribution is 0.1000. The number of amides is 1. The van der Waals surface area contributed by atoms with Gasteiger partial charge in [0.1, 0.15) is 5.75 Å². The summed E-state index contributed by atoms with van der Waals surface area (Å²) in [6.45, 7) is 5.73. The number of aryl methyl sites for hydroxylation is 1. The molecule has 0 aliphatic rings. The van der Waals surface area contributed by atoms with E-state index in [-0.39, 0.29) is 12.4 Å². The summed E-state index contributed by atoms with van der Waals surface area (Å²) in [7, 11) is 0. The molecule has 21 heavy (non-hydrogen) atoms. The molecule has 112 valence electrons. The van der Waals surface area contributed by atoms with E-state index >= 15 is 0 Å². The first-order valence-corrected chi connectivity index (χ1v) is 6.86. The van der Waals surface area contributed by atoms with Gasteiger partial charge in [0.2, 0.25) is 5.91 Å². The summed E-state index contributed by atoms with van der Waals surface area (Å²) in [5.74, 6) is -0.374. The van der Waals surface area contributed by atoms with Gasteiger partial charge in [-0.3, -0.25) is 4.79 Å². The smallest absolute Gasteiger partial charge is 0.248 e. The summed E-state index contributed by atoms with van der Waals surface area (Å²) < 4.78 is 0. The highest BCUT2D eigenvalue weighted by atomic mass is 16.3. The van der Waals surface area contributed by atoms with Crippen molar-refractivity contribution in [2.45, 2.75) is 27.4 Å². The third-order valence-corrected chi connectivity index (χ3v) is 2.98. The van der Waals surface area contributed by atoms with Crippen LogP contribution >= 0.6 is 0 Å². The molecule has 0 aliphatic carbocycles. The third kappa shape index (κ3) is 4.07. The number of phenolic OH excluding ortho intramolecular Hbond substituents is 1. The van der Waals surface area contributed by atoms with E-state index in [1.165, 1.54) is 6.07 Å². The zero-order valence-electron chi connectivity index (χ0n) is 12.6. The normalized spacial score (nSPS) is 9.71. The summed E-state index contributed by atoms with van der Waals surface area (Å²) in [5, 5.41) is 18.8. The number of hydrogen-bond donors (Lipinski definition) is 3. The molecule has 2 aromatic carbocycles. The van der Waals surface area contributed by atoms with Gasteiger partial charge in [0, 0.05) is 5.56 Å². The molecular formula is C17H21NO3. The lowest BCUT2D eigenvalue weighted by Gasteiger charge is -2.09. The monoisotopic (exact) mass is 287 g/mol. The molecule has 2 rings (SSSR count). The van der Waals surface area contributed by atoms with E-state index in [4.69, 9.17) is 10.8 Å². The average molecular weight is 287 g/mol. The molecule has 0 atom stereocenters. The Hall–Kier alpha value is -2.33. The minimum Gasteiger partial charge on any atom is -0.508 e. The second-order valence-corrected chi connectivity index (χ2v) is 4.44. The van der Waals surface area contributed by atoms with E-state index in [0.717, 1.165) is 16.7 Å². The molecule has 0 bridgehead atoms. The Labute approximate surface area is 124 Å². The number of benzene rings is 2. The van der Waals surface area contributed by atoms with Crippen LogP contribution < -0.4 is 5.73 Å². The van der Waals surface area contributed by atoms with Crippen molar-refractivity contribution in [3.63, 3.8) is 0 Å². The van der Waals surface area contributed by atoms with Crippen LogP contribution in [0.25, 0.3) is 11.1 Å². The highest BCUT2D eigenvalue weighted by Crippen LogP contribution is 2.28. The number of nitrogens with two attached hydrogens (primary N) is 1. The van der Waals surface area contributed by atoms with Gasteiger partial charge in [-0.05, 0) is 59.5 Å². The van der Waals surface area contributed by atoms with Gasteiger partial charge in [0.25, 0.3) is 0 Å². The Bertz CT molecular complexity index is 636.